The van der Waals surface area contributed by atoms with Gasteiger partial charge < -0.3 is 21.1 Å². The van der Waals surface area contributed by atoms with Gasteiger partial charge >= 0.3 is 0 Å². The number of aromatic nitrogens is 2. The van der Waals surface area contributed by atoms with E-state index < -0.39 is 5.54 Å². The monoisotopic (exact) mass is 481 g/mol. The van der Waals surface area contributed by atoms with Gasteiger partial charge in [0.2, 0.25) is 5.91 Å². The van der Waals surface area contributed by atoms with Gasteiger partial charge in [-0.15, -0.1) is 0 Å². The lowest BCUT2D eigenvalue weighted by molar-refractivity contribution is -0.124. The van der Waals surface area contributed by atoms with E-state index in [0.717, 1.165) is 10.0 Å². The highest BCUT2D eigenvalue weighted by Gasteiger charge is 2.51. The molecule has 1 saturated carbocycles. The summed E-state index contributed by atoms with van der Waals surface area (Å²) in [6, 6.07) is 12.8. The SMILES string of the molecule is Nc1cc(Br)ccc1Oc1ccc(CNC(=O)C2(NC(=O)c3cncnc3)CC2)cc1. The maximum Gasteiger partial charge on any atom is 0.255 e. The molecule has 0 radical (unpaired) electrons. The van der Waals surface area contributed by atoms with Crippen molar-refractivity contribution in [2.75, 3.05) is 5.73 Å². The number of nitrogens with two attached hydrogens (primary N) is 1. The Kier molecular flexibility index (Phi) is 5.85. The second-order valence-corrected chi connectivity index (χ2v) is 8.19. The van der Waals surface area contributed by atoms with E-state index in [1.54, 1.807) is 12.1 Å². The third kappa shape index (κ3) is 5.00. The molecule has 1 aromatic heterocycles. The summed E-state index contributed by atoms with van der Waals surface area (Å²) < 4.78 is 6.68. The van der Waals surface area contributed by atoms with Crippen molar-refractivity contribution in [3.8, 4) is 11.5 Å². The fraction of sp³-hybridized carbons (Fsp3) is 0.182. The van der Waals surface area contributed by atoms with Crippen molar-refractivity contribution in [1.29, 1.82) is 0 Å². The van der Waals surface area contributed by atoms with E-state index in [4.69, 9.17) is 10.5 Å². The number of ether oxygens (including phenoxy) is 1. The van der Waals surface area contributed by atoms with Crippen LogP contribution in [0.4, 0.5) is 5.69 Å². The third-order valence-corrected chi connectivity index (χ3v) is 5.43. The van der Waals surface area contributed by atoms with Crippen LogP contribution in [0.2, 0.25) is 0 Å². The quantitative estimate of drug-likeness (QED) is 0.445. The zero-order valence-corrected chi connectivity index (χ0v) is 18.1. The standard InChI is InChI=1S/C22H20BrN5O3/c23-16-3-6-19(18(24)9-16)31-17-4-1-14(2-5-17)10-27-21(30)22(7-8-22)28-20(29)15-11-25-13-26-12-15/h1-6,9,11-13H,7-8,10,24H2,(H,27,30)(H,28,29). The van der Waals surface area contributed by atoms with Gasteiger partial charge in [0.15, 0.2) is 0 Å². The van der Waals surface area contributed by atoms with Gasteiger partial charge in [0.1, 0.15) is 23.4 Å². The highest BCUT2D eigenvalue weighted by molar-refractivity contribution is 9.10. The molecule has 0 aliphatic heterocycles. The van der Waals surface area contributed by atoms with E-state index in [1.807, 2.05) is 30.3 Å². The molecule has 0 atom stereocenters. The number of hydrogen-bond donors (Lipinski definition) is 3. The number of carbonyl (C=O) groups excluding carboxylic acids is 2. The molecule has 2 amide bonds. The summed E-state index contributed by atoms with van der Waals surface area (Å²) in [6.45, 7) is 0.339. The number of amides is 2. The number of benzene rings is 2. The normalized spacial score (nSPS) is 13.8. The summed E-state index contributed by atoms with van der Waals surface area (Å²) in [5, 5.41) is 5.69. The Morgan fingerprint density at radius 2 is 1.81 bits per heavy atom. The van der Waals surface area contributed by atoms with Gasteiger partial charge in [0.25, 0.3) is 5.91 Å². The summed E-state index contributed by atoms with van der Waals surface area (Å²) in [4.78, 5) is 32.6. The summed E-state index contributed by atoms with van der Waals surface area (Å²) >= 11 is 3.36. The van der Waals surface area contributed by atoms with Crippen molar-refractivity contribution in [3.63, 3.8) is 0 Å². The molecule has 0 saturated heterocycles. The minimum atomic E-state index is -0.866. The molecule has 2 aromatic carbocycles. The lowest BCUT2D eigenvalue weighted by Gasteiger charge is -2.17. The largest absolute Gasteiger partial charge is 0.455 e. The number of hydrogen-bond acceptors (Lipinski definition) is 6. The number of anilines is 1. The topological polar surface area (TPSA) is 119 Å². The Morgan fingerprint density at radius 1 is 1.10 bits per heavy atom. The first kappa shape index (κ1) is 20.8. The number of carbonyl (C=O) groups is 2. The van der Waals surface area contributed by atoms with Gasteiger partial charge in [0.05, 0.1) is 11.3 Å². The van der Waals surface area contributed by atoms with Crippen molar-refractivity contribution in [2.24, 2.45) is 0 Å². The van der Waals surface area contributed by atoms with E-state index in [1.165, 1.54) is 18.7 Å². The number of nitrogens with one attached hydrogen (secondary N) is 2. The second-order valence-electron chi connectivity index (χ2n) is 7.27. The minimum Gasteiger partial charge on any atom is -0.455 e. The number of halogens is 1. The van der Waals surface area contributed by atoms with Gasteiger partial charge in [-0.2, -0.15) is 0 Å². The van der Waals surface area contributed by atoms with Crippen molar-refractivity contribution < 1.29 is 14.3 Å². The van der Waals surface area contributed by atoms with E-state index in [-0.39, 0.29) is 11.8 Å². The first-order chi connectivity index (χ1) is 14.9. The molecule has 31 heavy (non-hydrogen) atoms. The van der Waals surface area contributed by atoms with E-state index in [2.05, 4.69) is 36.5 Å². The van der Waals surface area contributed by atoms with Crippen LogP contribution in [0, 0.1) is 0 Å². The zero-order chi connectivity index (χ0) is 21.8. The molecule has 8 nitrogen and oxygen atoms in total. The number of nitrogens with zero attached hydrogens (tertiary/aromatic N) is 2. The number of rotatable bonds is 7. The Bertz CT molecular complexity index is 1100. The van der Waals surface area contributed by atoms with Gasteiger partial charge in [-0.3, -0.25) is 9.59 Å². The van der Waals surface area contributed by atoms with Crippen LogP contribution in [-0.4, -0.2) is 27.3 Å². The van der Waals surface area contributed by atoms with Crippen LogP contribution in [-0.2, 0) is 11.3 Å². The zero-order valence-electron chi connectivity index (χ0n) is 16.5. The van der Waals surface area contributed by atoms with Crippen molar-refractivity contribution in [3.05, 3.63) is 76.8 Å². The minimum absolute atomic E-state index is 0.208. The molecule has 9 heteroatoms. The molecule has 3 aromatic rings. The average molecular weight is 482 g/mol. The van der Waals surface area contributed by atoms with Gasteiger partial charge in [-0.1, -0.05) is 28.1 Å². The highest BCUT2D eigenvalue weighted by atomic mass is 79.9. The molecule has 1 fully saturated rings. The van der Waals surface area contributed by atoms with Crippen LogP contribution in [0.25, 0.3) is 0 Å². The lowest BCUT2D eigenvalue weighted by Crippen LogP contribution is -2.48. The molecule has 4 N–H and O–H groups in total. The van der Waals surface area contributed by atoms with Crippen LogP contribution in [0.3, 0.4) is 0 Å². The molecular weight excluding hydrogens is 462 g/mol. The van der Waals surface area contributed by atoms with E-state index in [0.29, 0.717) is 42.1 Å². The maximum atomic E-state index is 12.6. The summed E-state index contributed by atoms with van der Waals surface area (Å²) in [6.07, 6.45) is 5.38. The first-order valence-corrected chi connectivity index (χ1v) is 10.4. The van der Waals surface area contributed by atoms with Crippen molar-refractivity contribution >= 4 is 33.4 Å². The maximum absolute atomic E-state index is 12.6. The van der Waals surface area contributed by atoms with E-state index in [9.17, 15) is 9.59 Å². The first-order valence-electron chi connectivity index (χ1n) is 9.63. The smallest absolute Gasteiger partial charge is 0.255 e. The summed E-state index contributed by atoms with van der Waals surface area (Å²) in [5.41, 5.74) is 6.85. The van der Waals surface area contributed by atoms with Gasteiger partial charge in [-0.05, 0) is 48.7 Å². The lowest BCUT2D eigenvalue weighted by atomic mass is 10.2. The molecule has 1 aliphatic rings. The Labute approximate surface area is 187 Å². The van der Waals surface area contributed by atoms with Gasteiger partial charge in [-0.25, -0.2) is 9.97 Å². The Hall–Kier alpha value is -3.46. The molecule has 0 bridgehead atoms. The average Bonchev–Trinajstić information content (AvgIpc) is 3.56. The predicted octanol–water partition coefficient (Wildman–Crippen LogP) is 3.19. The van der Waals surface area contributed by atoms with Crippen molar-refractivity contribution in [2.45, 2.75) is 24.9 Å². The Balaban J connectivity index is 1.31. The molecular formula is C22H20BrN5O3. The molecule has 158 valence electrons. The number of nitrogen functional groups attached to an aromatic ring is 1. The molecule has 0 unspecified atom stereocenters. The fourth-order valence-electron chi connectivity index (χ4n) is 3.01. The molecule has 0 spiro atoms. The Morgan fingerprint density at radius 3 is 2.45 bits per heavy atom. The molecule has 1 aliphatic carbocycles. The fourth-order valence-corrected chi connectivity index (χ4v) is 3.38. The molecule has 1 heterocycles. The van der Waals surface area contributed by atoms with Crippen LogP contribution in [0.5, 0.6) is 11.5 Å². The van der Waals surface area contributed by atoms with Crippen LogP contribution >= 0.6 is 15.9 Å². The van der Waals surface area contributed by atoms with Crippen LogP contribution < -0.4 is 21.1 Å². The summed E-state index contributed by atoms with van der Waals surface area (Å²) in [7, 11) is 0. The third-order valence-electron chi connectivity index (χ3n) is 4.94. The van der Waals surface area contributed by atoms with Crippen LogP contribution in [0.15, 0.2) is 65.7 Å². The van der Waals surface area contributed by atoms with E-state index >= 15 is 0 Å². The summed E-state index contributed by atoms with van der Waals surface area (Å²) in [5.74, 6) is 0.641. The molecule has 4 rings (SSSR count). The predicted molar refractivity (Wildman–Crippen MR) is 118 cm³/mol. The van der Waals surface area contributed by atoms with Gasteiger partial charge in [0, 0.05) is 23.4 Å². The van der Waals surface area contributed by atoms with Crippen molar-refractivity contribution in [1.82, 2.24) is 20.6 Å². The highest BCUT2D eigenvalue weighted by Crippen LogP contribution is 2.36. The van der Waals surface area contributed by atoms with Crippen LogP contribution in [0.1, 0.15) is 28.8 Å². The second kappa shape index (κ2) is 8.73.